The molecule has 8 nitrogen and oxygen atoms in total. The van der Waals surface area contributed by atoms with Crippen molar-refractivity contribution in [2.24, 2.45) is 0 Å². The molecule has 0 aromatic heterocycles. The van der Waals surface area contributed by atoms with E-state index in [0.29, 0.717) is 32.0 Å². The first-order chi connectivity index (χ1) is 13.9. The highest BCUT2D eigenvalue weighted by Gasteiger charge is 2.26. The minimum Gasteiger partial charge on any atom is -0.497 e. The van der Waals surface area contributed by atoms with Gasteiger partial charge in [0.2, 0.25) is 15.9 Å². The molecule has 0 unspecified atom stereocenters. The quantitative estimate of drug-likeness (QED) is 0.714. The molecule has 1 heterocycles. The zero-order chi connectivity index (χ0) is 20.9. The van der Waals surface area contributed by atoms with Gasteiger partial charge in [-0.1, -0.05) is 6.07 Å². The number of benzene rings is 2. The molecule has 1 amide bonds. The van der Waals surface area contributed by atoms with Crippen molar-refractivity contribution >= 4 is 27.3 Å². The normalized spacial score (nSPS) is 16.1. The number of hydrogen-bond acceptors (Lipinski definition) is 6. The van der Waals surface area contributed by atoms with Crippen LogP contribution in [0.15, 0.2) is 53.4 Å². The Morgan fingerprint density at radius 1 is 1.10 bits per heavy atom. The van der Waals surface area contributed by atoms with Crippen molar-refractivity contribution in [3.8, 4) is 5.75 Å². The van der Waals surface area contributed by atoms with Crippen molar-refractivity contribution < 1.29 is 22.7 Å². The topological polar surface area (TPSA) is 97.0 Å². The lowest BCUT2D eigenvalue weighted by atomic mass is 10.2. The summed E-state index contributed by atoms with van der Waals surface area (Å²) in [6.07, 6.45) is 0. The highest BCUT2D eigenvalue weighted by atomic mass is 32.2. The molecule has 156 valence electrons. The molecule has 2 N–H and O–H groups in total. The van der Waals surface area contributed by atoms with Crippen molar-refractivity contribution in [1.82, 2.24) is 4.31 Å². The lowest BCUT2D eigenvalue weighted by molar-refractivity contribution is -0.116. The number of carbonyl (C=O) groups excluding carboxylic acids is 1. The van der Waals surface area contributed by atoms with Crippen LogP contribution in [0.25, 0.3) is 0 Å². The maximum Gasteiger partial charge on any atom is 0.246 e. The summed E-state index contributed by atoms with van der Waals surface area (Å²) in [5.74, 6) is 0.452. The molecule has 0 bridgehead atoms. The maximum absolute atomic E-state index is 12.8. The fourth-order valence-corrected chi connectivity index (χ4v) is 4.38. The summed E-state index contributed by atoms with van der Waals surface area (Å²) in [6, 6.07) is 13.0. The highest BCUT2D eigenvalue weighted by Crippen LogP contribution is 2.21. The molecule has 0 spiro atoms. The van der Waals surface area contributed by atoms with Gasteiger partial charge < -0.3 is 20.1 Å². The number of morpholine rings is 1. The maximum atomic E-state index is 12.8. The van der Waals surface area contributed by atoms with Crippen LogP contribution in [-0.2, 0) is 19.6 Å². The average Bonchev–Trinajstić information content (AvgIpc) is 2.75. The van der Waals surface area contributed by atoms with Gasteiger partial charge in [0.15, 0.2) is 0 Å². The van der Waals surface area contributed by atoms with Crippen molar-refractivity contribution in [1.29, 1.82) is 0 Å². The van der Waals surface area contributed by atoms with Crippen molar-refractivity contribution in [2.45, 2.75) is 17.9 Å². The molecule has 9 heteroatoms. The summed E-state index contributed by atoms with van der Waals surface area (Å²) in [4.78, 5) is 12.7. The van der Waals surface area contributed by atoms with Gasteiger partial charge in [-0.3, -0.25) is 4.79 Å². The van der Waals surface area contributed by atoms with Gasteiger partial charge in [0.25, 0.3) is 0 Å². The van der Waals surface area contributed by atoms with Gasteiger partial charge >= 0.3 is 0 Å². The third kappa shape index (κ3) is 5.26. The molecule has 3 rings (SSSR count). The van der Waals surface area contributed by atoms with Crippen molar-refractivity contribution in [2.75, 3.05) is 44.0 Å². The number of sulfonamides is 1. The van der Waals surface area contributed by atoms with Crippen LogP contribution in [0.4, 0.5) is 11.4 Å². The third-order valence-electron chi connectivity index (χ3n) is 4.58. The standard InChI is InChI=1S/C20H25N3O5S/c1-15(21-16-6-8-18(27-2)9-7-16)20(24)22-17-4-3-5-19(14-17)29(25,26)23-10-12-28-13-11-23/h3-9,14-15,21H,10-13H2,1-2H3,(H,22,24)/t15-/m0/s1. The van der Waals surface area contributed by atoms with E-state index in [9.17, 15) is 13.2 Å². The van der Waals surface area contributed by atoms with Gasteiger partial charge in [-0.05, 0) is 49.4 Å². The number of ether oxygens (including phenoxy) is 2. The van der Waals surface area contributed by atoms with Crippen LogP contribution in [0.2, 0.25) is 0 Å². The Labute approximate surface area is 170 Å². The van der Waals surface area contributed by atoms with Crippen LogP contribution in [0.1, 0.15) is 6.92 Å². The van der Waals surface area contributed by atoms with E-state index in [2.05, 4.69) is 10.6 Å². The molecule has 1 aliphatic rings. The predicted molar refractivity (Wildman–Crippen MR) is 111 cm³/mol. The molecule has 29 heavy (non-hydrogen) atoms. The average molecular weight is 420 g/mol. The third-order valence-corrected chi connectivity index (χ3v) is 6.47. The molecular weight excluding hydrogens is 394 g/mol. The smallest absolute Gasteiger partial charge is 0.246 e. The molecular formula is C20H25N3O5S. The Hall–Kier alpha value is -2.62. The van der Waals surface area contributed by atoms with E-state index in [-0.39, 0.29) is 10.8 Å². The number of hydrogen-bond donors (Lipinski definition) is 2. The number of carbonyl (C=O) groups is 1. The number of amides is 1. The number of anilines is 2. The summed E-state index contributed by atoms with van der Waals surface area (Å²) in [6.45, 7) is 3.13. The first-order valence-electron chi connectivity index (χ1n) is 9.29. The van der Waals surface area contributed by atoms with Gasteiger partial charge in [0.1, 0.15) is 11.8 Å². The van der Waals surface area contributed by atoms with E-state index >= 15 is 0 Å². The number of rotatable bonds is 7. The summed E-state index contributed by atoms with van der Waals surface area (Å²) in [5, 5.41) is 5.87. The van der Waals surface area contributed by atoms with Crippen LogP contribution in [0.5, 0.6) is 5.75 Å². The van der Waals surface area contributed by atoms with E-state index < -0.39 is 16.1 Å². The summed E-state index contributed by atoms with van der Waals surface area (Å²) < 4.78 is 37.3. The largest absolute Gasteiger partial charge is 0.497 e. The monoisotopic (exact) mass is 419 g/mol. The lowest BCUT2D eigenvalue weighted by Crippen LogP contribution is -2.40. The number of nitrogens with zero attached hydrogens (tertiary/aromatic N) is 1. The molecule has 1 fully saturated rings. The fourth-order valence-electron chi connectivity index (χ4n) is 2.92. The second-order valence-electron chi connectivity index (χ2n) is 6.63. The molecule has 0 radical (unpaired) electrons. The summed E-state index contributed by atoms with van der Waals surface area (Å²) >= 11 is 0. The lowest BCUT2D eigenvalue weighted by Gasteiger charge is -2.26. The van der Waals surface area contributed by atoms with Gasteiger partial charge in [0.05, 0.1) is 25.2 Å². The van der Waals surface area contributed by atoms with Crippen LogP contribution < -0.4 is 15.4 Å². The predicted octanol–water partition coefficient (Wildman–Crippen LogP) is 2.16. The Bertz CT molecular complexity index is 941. The van der Waals surface area contributed by atoms with E-state index in [4.69, 9.17) is 9.47 Å². The second kappa shape index (κ2) is 9.25. The Balaban J connectivity index is 1.66. The number of methoxy groups -OCH3 is 1. The van der Waals surface area contributed by atoms with E-state index in [1.807, 2.05) is 12.1 Å². The van der Waals surface area contributed by atoms with Crippen molar-refractivity contribution in [3.05, 3.63) is 48.5 Å². The fraction of sp³-hybridized carbons (Fsp3) is 0.350. The zero-order valence-corrected chi connectivity index (χ0v) is 17.2. The first kappa shape index (κ1) is 21.1. The van der Waals surface area contributed by atoms with E-state index in [0.717, 1.165) is 11.4 Å². The molecule has 2 aromatic rings. The van der Waals surface area contributed by atoms with Crippen molar-refractivity contribution in [3.63, 3.8) is 0 Å². The molecule has 2 aromatic carbocycles. The molecule has 1 aliphatic heterocycles. The first-order valence-corrected chi connectivity index (χ1v) is 10.7. The minimum absolute atomic E-state index is 0.146. The molecule has 1 atom stereocenters. The molecule has 0 aliphatic carbocycles. The van der Waals surface area contributed by atoms with Gasteiger partial charge in [0, 0.05) is 24.5 Å². The highest BCUT2D eigenvalue weighted by molar-refractivity contribution is 7.89. The molecule has 0 saturated carbocycles. The Morgan fingerprint density at radius 2 is 1.79 bits per heavy atom. The van der Waals surface area contributed by atoms with Crippen LogP contribution in [-0.4, -0.2) is 58.1 Å². The Kier molecular flexibility index (Phi) is 6.73. The minimum atomic E-state index is -3.62. The van der Waals surface area contributed by atoms with E-state index in [1.54, 1.807) is 38.3 Å². The Morgan fingerprint density at radius 3 is 2.45 bits per heavy atom. The van der Waals surface area contributed by atoms with Crippen LogP contribution in [0.3, 0.4) is 0 Å². The SMILES string of the molecule is COc1ccc(N[C@@H](C)C(=O)Nc2cccc(S(=O)(=O)N3CCOCC3)c2)cc1. The van der Waals surface area contributed by atoms with Gasteiger partial charge in [-0.2, -0.15) is 4.31 Å². The van der Waals surface area contributed by atoms with Crippen LogP contribution >= 0.6 is 0 Å². The summed E-state index contributed by atoms with van der Waals surface area (Å²) in [5.41, 5.74) is 1.20. The van der Waals surface area contributed by atoms with Gasteiger partial charge in [-0.25, -0.2) is 8.42 Å². The van der Waals surface area contributed by atoms with Crippen LogP contribution in [0, 0.1) is 0 Å². The second-order valence-corrected chi connectivity index (χ2v) is 8.57. The summed E-state index contributed by atoms with van der Waals surface area (Å²) in [7, 11) is -2.03. The number of nitrogens with one attached hydrogen (secondary N) is 2. The zero-order valence-electron chi connectivity index (χ0n) is 16.4. The van der Waals surface area contributed by atoms with E-state index in [1.165, 1.54) is 16.4 Å². The molecule has 1 saturated heterocycles. The van der Waals surface area contributed by atoms with Gasteiger partial charge in [-0.15, -0.1) is 0 Å².